The Bertz CT molecular complexity index is 508. The van der Waals surface area contributed by atoms with Crippen LogP contribution in [-0.2, 0) is 6.54 Å². The number of H-pyrrole nitrogens is 1. The van der Waals surface area contributed by atoms with Gasteiger partial charge in [-0.2, -0.15) is 0 Å². The van der Waals surface area contributed by atoms with Crippen LogP contribution in [0.15, 0.2) is 10.9 Å². The highest BCUT2D eigenvalue weighted by Crippen LogP contribution is 2.35. The Labute approximate surface area is 127 Å². The summed E-state index contributed by atoms with van der Waals surface area (Å²) in [5, 5.41) is 3.40. The molecular formula is C17H29N3O. The molecule has 0 spiro atoms. The first-order valence-corrected chi connectivity index (χ1v) is 8.22. The largest absolute Gasteiger partial charge is 0.310 e. The zero-order chi connectivity index (χ0) is 15.5. The van der Waals surface area contributed by atoms with Crippen LogP contribution in [0.4, 0.5) is 0 Å². The van der Waals surface area contributed by atoms with Gasteiger partial charge >= 0.3 is 0 Å². The van der Waals surface area contributed by atoms with Gasteiger partial charge in [-0.15, -0.1) is 0 Å². The Kier molecular flexibility index (Phi) is 5.20. The molecule has 0 radical (unpaired) electrons. The van der Waals surface area contributed by atoms with E-state index in [1.54, 1.807) is 6.07 Å². The molecule has 1 aliphatic carbocycles. The number of hydrogen-bond acceptors (Lipinski definition) is 3. The molecule has 1 fully saturated rings. The molecule has 1 saturated carbocycles. The fourth-order valence-electron chi connectivity index (χ4n) is 3.01. The highest BCUT2D eigenvalue weighted by Gasteiger charge is 2.23. The normalized spacial score (nSPS) is 23.2. The number of hydrogen-bond donors (Lipinski definition) is 2. The Balaban J connectivity index is 2.07. The maximum atomic E-state index is 11.9. The molecular weight excluding hydrogens is 262 g/mol. The van der Waals surface area contributed by atoms with Crippen molar-refractivity contribution in [2.24, 2.45) is 5.92 Å². The minimum Gasteiger partial charge on any atom is -0.310 e. The van der Waals surface area contributed by atoms with E-state index in [4.69, 9.17) is 4.98 Å². The van der Waals surface area contributed by atoms with Gasteiger partial charge in [-0.05, 0) is 52.4 Å². The standard InChI is InChI=1S/C17H29N3O/c1-5-12-6-8-13(9-7-12)16-19-14(10-15(21)20-16)11-18-17(2,3)4/h10,12-13,18H,5-9,11H2,1-4H3,(H,19,20,21). The second-order valence-corrected chi connectivity index (χ2v) is 7.35. The van der Waals surface area contributed by atoms with Crippen molar-refractivity contribution in [3.63, 3.8) is 0 Å². The lowest BCUT2D eigenvalue weighted by molar-refractivity contribution is 0.311. The molecule has 21 heavy (non-hydrogen) atoms. The van der Waals surface area contributed by atoms with Crippen LogP contribution in [0, 0.1) is 5.92 Å². The molecule has 4 heteroatoms. The highest BCUT2D eigenvalue weighted by molar-refractivity contribution is 5.07. The van der Waals surface area contributed by atoms with E-state index in [2.05, 4.69) is 38.0 Å². The van der Waals surface area contributed by atoms with Gasteiger partial charge in [0.05, 0.1) is 5.69 Å². The van der Waals surface area contributed by atoms with Crippen LogP contribution in [0.25, 0.3) is 0 Å². The SMILES string of the molecule is CCC1CCC(c2nc(CNC(C)(C)C)cc(=O)[nH]2)CC1. The molecule has 1 aromatic heterocycles. The van der Waals surface area contributed by atoms with E-state index >= 15 is 0 Å². The average Bonchev–Trinajstić information content (AvgIpc) is 2.44. The minimum atomic E-state index is -0.0247. The van der Waals surface area contributed by atoms with Crippen molar-refractivity contribution < 1.29 is 0 Å². The van der Waals surface area contributed by atoms with Gasteiger partial charge in [0.1, 0.15) is 5.82 Å². The molecule has 2 N–H and O–H groups in total. The third-order valence-corrected chi connectivity index (χ3v) is 4.42. The summed E-state index contributed by atoms with van der Waals surface area (Å²) in [5.74, 6) is 2.18. The van der Waals surface area contributed by atoms with Crippen LogP contribution in [0.3, 0.4) is 0 Å². The maximum absolute atomic E-state index is 11.9. The molecule has 0 bridgehead atoms. The summed E-state index contributed by atoms with van der Waals surface area (Å²) >= 11 is 0. The number of nitrogens with one attached hydrogen (secondary N) is 2. The predicted molar refractivity (Wildman–Crippen MR) is 86.4 cm³/mol. The molecule has 4 nitrogen and oxygen atoms in total. The molecule has 0 amide bonds. The Morgan fingerprint density at radius 1 is 1.29 bits per heavy atom. The maximum Gasteiger partial charge on any atom is 0.251 e. The third kappa shape index (κ3) is 4.95. The van der Waals surface area contributed by atoms with Crippen LogP contribution in [0.5, 0.6) is 0 Å². The van der Waals surface area contributed by atoms with Crippen LogP contribution in [0.2, 0.25) is 0 Å². The summed E-state index contributed by atoms with van der Waals surface area (Å²) < 4.78 is 0. The highest BCUT2D eigenvalue weighted by atomic mass is 16.1. The monoisotopic (exact) mass is 291 g/mol. The third-order valence-electron chi connectivity index (χ3n) is 4.42. The van der Waals surface area contributed by atoms with E-state index in [1.165, 1.54) is 19.3 Å². The van der Waals surface area contributed by atoms with Gasteiger partial charge in [0.15, 0.2) is 0 Å². The summed E-state index contributed by atoms with van der Waals surface area (Å²) in [7, 11) is 0. The van der Waals surface area contributed by atoms with E-state index in [-0.39, 0.29) is 11.1 Å². The molecule has 118 valence electrons. The second kappa shape index (κ2) is 6.73. The van der Waals surface area contributed by atoms with Crippen LogP contribution < -0.4 is 10.9 Å². The zero-order valence-electron chi connectivity index (χ0n) is 13.8. The predicted octanol–water partition coefficient (Wildman–Crippen LogP) is 3.34. The smallest absolute Gasteiger partial charge is 0.251 e. The molecule has 1 aromatic rings. The topological polar surface area (TPSA) is 57.8 Å². The first-order chi connectivity index (χ1) is 9.87. The summed E-state index contributed by atoms with van der Waals surface area (Å²) in [5.41, 5.74) is 0.855. The van der Waals surface area contributed by atoms with Crippen molar-refractivity contribution in [2.45, 2.75) is 77.8 Å². The first-order valence-electron chi connectivity index (χ1n) is 8.22. The van der Waals surface area contributed by atoms with Gasteiger partial charge in [0, 0.05) is 24.1 Å². The van der Waals surface area contributed by atoms with Gasteiger partial charge in [0.2, 0.25) is 0 Å². The van der Waals surface area contributed by atoms with Gasteiger partial charge in [-0.25, -0.2) is 4.98 Å². The van der Waals surface area contributed by atoms with E-state index in [0.717, 1.165) is 30.3 Å². The molecule has 2 rings (SSSR count). The van der Waals surface area contributed by atoms with Gasteiger partial charge in [0.25, 0.3) is 5.56 Å². The minimum absolute atomic E-state index is 0.0247. The van der Waals surface area contributed by atoms with Crippen LogP contribution in [-0.4, -0.2) is 15.5 Å². The van der Waals surface area contributed by atoms with Crippen LogP contribution >= 0.6 is 0 Å². The van der Waals surface area contributed by atoms with Gasteiger partial charge in [-0.3, -0.25) is 4.79 Å². The Hall–Kier alpha value is -1.16. The van der Waals surface area contributed by atoms with Gasteiger partial charge in [-0.1, -0.05) is 13.3 Å². The lowest BCUT2D eigenvalue weighted by Crippen LogP contribution is -2.35. The fraction of sp³-hybridized carbons (Fsp3) is 0.765. The number of aromatic amines is 1. The molecule has 1 heterocycles. The van der Waals surface area contributed by atoms with Gasteiger partial charge < -0.3 is 10.3 Å². The second-order valence-electron chi connectivity index (χ2n) is 7.35. The van der Waals surface area contributed by atoms with E-state index in [1.807, 2.05) is 0 Å². The number of aromatic nitrogens is 2. The number of rotatable bonds is 4. The Morgan fingerprint density at radius 3 is 2.52 bits per heavy atom. The summed E-state index contributed by atoms with van der Waals surface area (Å²) in [6.07, 6.45) is 6.09. The van der Waals surface area contributed by atoms with E-state index in [9.17, 15) is 4.79 Å². The van der Waals surface area contributed by atoms with E-state index < -0.39 is 0 Å². The average molecular weight is 291 g/mol. The fourth-order valence-corrected chi connectivity index (χ4v) is 3.01. The molecule has 1 aliphatic rings. The molecule has 0 saturated heterocycles. The molecule has 0 unspecified atom stereocenters. The van der Waals surface area contributed by atoms with Crippen molar-refractivity contribution >= 4 is 0 Å². The lowest BCUT2D eigenvalue weighted by Gasteiger charge is -2.27. The quantitative estimate of drug-likeness (QED) is 0.894. The lowest BCUT2D eigenvalue weighted by atomic mass is 9.80. The van der Waals surface area contributed by atoms with Crippen LogP contribution in [0.1, 0.15) is 77.2 Å². The summed E-state index contributed by atoms with van der Waals surface area (Å²) in [6.45, 7) is 9.27. The van der Waals surface area contributed by atoms with E-state index in [0.29, 0.717) is 12.5 Å². The Morgan fingerprint density at radius 2 is 1.95 bits per heavy atom. The summed E-state index contributed by atoms with van der Waals surface area (Å²) in [4.78, 5) is 19.5. The summed E-state index contributed by atoms with van der Waals surface area (Å²) in [6, 6.07) is 1.61. The number of nitrogens with zero attached hydrogens (tertiary/aromatic N) is 1. The molecule has 0 aliphatic heterocycles. The van der Waals surface area contributed by atoms with Crippen molar-refractivity contribution in [3.05, 3.63) is 27.9 Å². The van der Waals surface area contributed by atoms with Crippen molar-refractivity contribution in [1.82, 2.24) is 15.3 Å². The zero-order valence-corrected chi connectivity index (χ0v) is 13.8. The molecule has 0 aromatic carbocycles. The first kappa shape index (κ1) is 16.2. The van der Waals surface area contributed by atoms with Crippen molar-refractivity contribution in [1.29, 1.82) is 0 Å². The van der Waals surface area contributed by atoms with Crippen molar-refractivity contribution in [2.75, 3.05) is 0 Å². The molecule has 0 atom stereocenters. The van der Waals surface area contributed by atoms with Crippen molar-refractivity contribution in [3.8, 4) is 0 Å².